The van der Waals surface area contributed by atoms with E-state index in [0.29, 0.717) is 19.6 Å². The van der Waals surface area contributed by atoms with Crippen molar-refractivity contribution in [2.24, 2.45) is 5.92 Å². The Morgan fingerprint density at radius 1 is 0.971 bits per heavy atom. The summed E-state index contributed by atoms with van der Waals surface area (Å²) in [5, 5.41) is 11.1. The normalized spacial score (nSPS) is 19.6. The molecule has 5 rings (SSSR count). The van der Waals surface area contributed by atoms with Crippen LogP contribution in [-0.4, -0.2) is 59.2 Å². The van der Waals surface area contributed by atoms with Crippen molar-refractivity contribution in [1.29, 1.82) is 0 Å². The van der Waals surface area contributed by atoms with Gasteiger partial charge in [0.1, 0.15) is 11.9 Å². The van der Waals surface area contributed by atoms with E-state index in [2.05, 4.69) is 20.4 Å². The first-order valence-corrected chi connectivity index (χ1v) is 12.0. The fraction of sp³-hybridized carbons (Fsp3) is 0.333. The van der Waals surface area contributed by atoms with Gasteiger partial charge in [-0.3, -0.25) is 9.59 Å². The van der Waals surface area contributed by atoms with Gasteiger partial charge in [-0.15, -0.1) is 5.10 Å². The van der Waals surface area contributed by atoms with Crippen molar-refractivity contribution in [3.05, 3.63) is 78.0 Å². The Morgan fingerprint density at radius 3 is 2.57 bits per heavy atom. The fourth-order valence-electron chi connectivity index (χ4n) is 4.69. The number of carbonyl (C=O) groups excluding carboxylic acids is 2. The van der Waals surface area contributed by atoms with E-state index in [9.17, 15) is 9.59 Å². The molecule has 3 heterocycles. The maximum absolute atomic E-state index is 12.8. The average Bonchev–Trinajstić information content (AvgIpc) is 3.56. The third kappa shape index (κ3) is 5.26. The molecule has 1 aromatic heterocycles. The number of nitrogens with zero attached hydrogens (tertiary/aromatic N) is 4. The number of likely N-dealkylation sites (tertiary alicyclic amines) is 1. The Hall–Kier alpha value is -3.94. The van der Waals surface area contributed by atoms with Gasteiger partial charge in [-0.1, -0.05) is 18.2 Å². The molecule has 180 valence electrons. The highest BCUT2D eigenvalue weighted by Crippen LogP contribution is 2.25. The number of benzene rings is 2. The zero-order valence-electron chi connectivity index (χ0n) is 19.8. The molecule has 2 amide bonds. The minimum atomic E-state index is -0.0943. The van der Waals surface area contributed by atoms with Crippen LogP contribution in [0.1, 0.15) is 28.8 Å². The van der Waals surface area contributed by atoms with Crippen molar-refractivity contribution in [3.63, 3.8) is 0 Å². The second-order valence-electron chi connectivity index (χ2n) is 9.12. The summed E-state index contributed by atoms with van der Waals surface area (Å²) in [7, 11) is 0. The molecule has 8 heteroatoms. The number of aryl methyl sites for hydroxylation is 1. The zero-order chi connectivity index (χ0) is 24.2. The molecular weight excluding hydrogens is 442 g/mol. The first-order chi connectivity index (χ1) is 17.1. The third-order valence-corrected chi connectivity index (χ3v) is 6.67. The number of amides is 2. The molecule has 1 N–H and O–H groups in total. The number of aromatic nitrogens is 2. The van der Waals surface area contributed by atoms with Crippen LogP contribution in [0.3, 0.4) is 0 Å². The van der Waals surface area contributed by atoms with E-state index in [0.717, 1.165) is 47.8 Å². The predicted octanol–water partition coefficient (Wildman–Crippen LogP) is 3.54. The smallest absolute Gasteiger partial charge is 0.254 e. The summed E-state index contributed by atoms with van der Waals surface area (Å²) < 4.78 is 6.12. The van der Waals surface area contributed by atoms with Crippen LogP contribution >= 0.6 is 0 Å². The summed E-state index contributed by atoms with van der Waals surface area (Å²) >= 11 is 0. The number of rotatable bonds is 6. The third-order valence-electron chi connectivity index (χ3n) is 6.67. The first kappa shape index (κ1) is 22.8. The SMILES string of the molecule is Cc1ccccc1C(=O)N1CC[C@@H](Oc2ccc(NC(=O)C3CCN(c4cccnn4)C3)cc2)C1. The average molecular weight is 472 g/mol. The molecular formula is C27H29N5O3. The highest BCUT2D eigenvalue weighted by molar-refractivity contribution is 5.96. The van der Waals surface area contributed by atoms with Crippen molar-refractivity contribution in [1.82, 2.24) is 15.1 Å². The molecule has 2 saturated heterocycles. The van der Waals surface area contributed by atoms with Gasteiger partial charge in [-0.05, 0) is 61.4 Å². The highest BCUT2D eigenvalue weighted by atomic mass is 16.5. The van der Waals surface area contributed by atoms with Crippen LogP contribution < -0.4 is 15.0 Å². The predicted molar refractivity (Wildman–Crippen MR) is 134 cm³/mol. The van der Waals surface area contributed by atoms with Gasteiger partial charge in [0.15, 0.2) is 5.82 Å². The number of anilines is 2. The number of nitrogens with one attached hydrogen (secondary N) is 1. The lowest BCUT2D eigenvalue weighted by Crippen LogP contribution is -2.31. The van der Waals surface area contributed by atoms with Gasteiger partial charge in [-0.25, -0.2) is 0 Å². The lowest BCUT2D eigenvalue weighted by Gasteiger charge is -2.18. The molecule has 2 aromatic carbocycles. The molecule has 0 saturated carbocycles. The molecule has 2 aliphatic heterocycles. The van der Waals surface area contributed by atoms with Gasteiger partial charge in [0.25, 0.3) is 5.91 Å². The summed E-state index contributed by atoms with van der Waals surface area (Å²) in [6, 6.07) is 18.9. The van der Waals surface area contributed by atoms with E-state index in [1.165, 1.54) is 0 Å². The topological polar surface area (TPSA) is 87.7 Å². The van der Waals surface area contributed by atoms with E-state index in [1.807, 2.05) is 72.5 Å². The van der Waals surface area contributed by atoms with Crippen molar-refractivity contribution in [3.8, 4) is 5.75 Å². The zero-order valence-corrected chi connectivity index (χ0v) is 19.8. The second-order valence-corrected chi connectivity index (χ2v) is 9.12. The van der Waals surface area contributed by atoms with Gasteiger partial charge in [0, 0.05) is 43.5 Å². The maximum Gasteiger partial charge on any atom is 0.254 e. The molecule has 2 fully saturated rings. The fourth-order valence-corrected chi connectivity index (χ4v) is 4.69. The highest BCUT2D eigenvalue weighted by Gasteiger charge is 2.30. The molecule has 0 spiro atoms. The van der Waals surface area contributed by atoms with E-state index in [-0.39, 0.29) is 23.8 Å². The molecule has 1 unspecified atom stereocenters. The van der Waals surface area contributed by atoms with Crippen LogP contribution in [0.15, 0.2) is 66.9 Å². The number of hydrogen-bond donors (Lipinski definition) is 1. The van der Waals surface area contributed by atoms with Crippen molar-refractivity contribution < 1.29 is 14.3 Å². The van der Waals surface area contributed by atoms with Gasteiger partial charge < -0.3 is 19.9 Å². The molecule has 0 radical (unpaired) electrons. The minimum absolute atomic E-state index is 0.00575. The van der Waals surface area contributed by atoms with Gasteiger partial charge in [0.2, 0.25) is 5.91 Å². The maximum atomic E-state index is 12.8. The summed E-state index contributed by atoms with van der Waals surface area (Å²) in [6.07, 6.45) is 3.17. The monoisotopic (exact) mass is 471 g/mol. The molecule has 2 aliphatic rings. The number of ether oxygens (including phenoxy) is 1. The largest absolute Gasteiger partial charge is 0.489 e. The van der Waals surface area contributed by atoms with Crippen LogP contribution in [0.5, 0.6) is 5.75 Å². The van der Waals surface area contributed by atoms with Crippen molar-refractivity contribution in [2.75, 3.05) is 36.4 Å². The standard InChI is InChI=1S/C27H29N5O3/c1-19-5-2-3-6-24(19)27(34)32-16-13-23(18-32)35-22-10-8-21(9-11-22)29-26(33)20-12-15-31(17-20)25-7-4-14-28-30-25/h2-11,14,20,23H,12-13,15-18H2,1H3,(H,29,33)/t20?,23-/m1/s1. The number of carbonyl (C=O) groups is 2. The van der Waals surface area contributed by atoms with Crippen molar-refractivity contribution in [2.45, 2.75) is 25.9 Å². The van der Waals surface area contributed by atoms with Gasteiger partial charge in [-0.2, -0.15) is 5.10 Å². The number of hydrogen-bond acceptors (Lipinski definition) is 6. The van der Waals surface area contributed by atoms with E-state index >= 15 is 0 Å². The molecule has 35 heavy (non-hydrogen) atoms. The second kappa shape index (κ2) is 10.1. The van der Waals surface area contributed by atoms with Crippen molar-refractivity contribution >= 4 is 23.3 Å². The molecule has 3 aromatic rings. The lowest BCUT2D eigenvalue weighted by atomic mass is 10.1. The van der Waals surface area contributed by atoms with Gasteiger partial charge in [0.05, 0.1) is 12.5 Å². The Bertz CT molecular complexity index is 1180. The van der Waals surface area contributed by atoms with Gasteiger partial charge >= 0.3 is 0 Å². The lowest BCUT2D eigenvalue weighted by molar-refractivity contribution is -0.119. The Labute approximate surface area is 204 Å². The summed E-state index contributed by atoms with van der Waals surface area (Å²) in [5.41, 5.74) is 2.47. The molecule has 0 aliphatic carbocycles. The quantitative estimate of drug-likeness (QED) is 0.592. The van der Waals surface area contributed by atoms with E-state index in [4.69, 9.17) is 4.74 Å². The van der Waals surface area contributed by atoms with Crippen LogP contribution in [-0.2, 0) is 4.79 Å². The Morgan fingerprint density at radius 2 is 1.80 bits per heavy atom. The molecule has 8 nitrogen and oxygen atoms in total. The Kier molecular flexibility index (Phi) is 6.61. The van der Waals surface area contributed by atoms with Crippen LogP contribution in [0.25, 0.3) is 0 Å². The molecule has 0 bridgehead atoms. The minimum Gasteiger partial charge on any atom is -0.489 e. The molecule has 2 atom stereocenters. The summed E-state index contributed by atoms with van der Waals surface area (Å²) in [6.45, 7) is 4.62. The Balaban J connectivity index is 1.11. The van der Waals surface area contributed by atoms with Crippen LogP contribution in [0, 0.1) is 12.8 Å². The van der Waals surface area contributed by atoms with E-state index < -0.39 is 0 Å². The summed E-state index contributed by atoms with van der Waals surface area (Å²) in [5.74, 6) is 1.50. The van der Waals surface area contributed by atoms with E-state index in [1.54, 1.807) is 6.20 Å². The summed E-state index contributed by atoms with van der Waals surface area (Å²) in [4.78, 5) is 29.5. The first-order valence-electron chi connectivity index (χ1n) is 12.0. The van der Waals surface area contributed by atoms with Crippen LogP contribution in [0.4, 0.5) is 11.5 Å². The van der Waals surface area contributed by atoms with Crippen LogP contribution in [0.2, 0.25) is 0 Å².